The van der Waals surface area contributed by atoms with Crippen LogP contribution in [0.4, 0.5) is 0 Å². The van der Waals surface area contributed by atoms with Crippen molar-refractivity contribution in [2.45, 2.75) is 53.9 Å². The molecule has 0 aliphatic carbocycles. The van der Waals surface area contributed by atoms with Crippen molar-refractivity contribution in [3.05, 3.63) is 24.3 Å². The highest BCUT2D eigenvalue weighted by Gasteiger charge is 2.29. The molecule has 0 saturated heterocycles. The van der Waals surface area contributed by atoms with Gasteiger partial charge in [0.2, 0.25) is 0 Å². The van der Waals surface area contributed by atoms with Crippen molar-refractivity contribution in [3.63, 3.8) is 0 Å². The molecule has 0 fully saturated rings. The van der Waals surface area contributed by atoms with Crippen LogP contribution in [-0.4, -0.2) is 25.2 Å². The van der Waals surface area contributed by atoms with E-state index in [9.17, 15) is 9.59 Å². The highest BCUT2D eigenvalue weighted by Crippen LogP contribution is 2.36. The van der Waals surface area contributed by atoms with Gasteiger partial charge in [-0.25, -0.2) is 9.59 Å². The van der Waals surface area contributed by atoms with Gasteiger partial charge in [0.05, 0.1) is 13.2 Å². The topological polar surface area (TPSA) is 52.6 Å². The summed E-state index contributed by atoms with van der Waals surface area (Å²) in [5.74, 6) is -0.346. The molecule has 0 spiro atoms. The molecule has 2 atom stereocenters. The Kier molecular flexibility index (Phi) is 8.76. The maximum Gasteiger partial charge on any atom is 0.333 e. The zero-order valence-corrected chi connectivity index (χ0v) is 14.7. The molecule has 126 valence electrons. The predicted molar refractivity (Wildman–Crippen MR) is 88.3 cm³/mol. The Morgan fingerprint density at radius 1 is 1.05 bits per heavy atom. The van der Waals surface area contributed by atoms with Crippen molar-refractivity contribution < 1.29 is 19.1 Å². The average molecular weight is 310 g/mol. The Morgan fingerprint density at radius 3 is 1.91 bits per heavy atom. The van der Waals surface area contributed by atoms with Crippen LogP contribution in [0, 0.1) is 11.3 Å². The van der Waals surface area contributed by atoms with Gasteiger partial charge in [-0.2, -0.15) is 0 Å². The van der Waals surface area contributed by atoms with Gasteiger partial charge in [-0.05, 0) is 38.0 Å². The van der Waals surface area contributed by atoms with Crippen molar-refractivity contribution in [2.24, 2.45) is 11.3 Å². The van der Waals surface area contributed by atoms with E-state index in [1.165, 1.54) is 0 Å². The fraction of sp³-hybridized carbons (Fsp3) is 0.667. The predicted octanol–water partition coefficient (Wildman–Crippen LogP) is 4.06. The highest BCUT2D eigenvalue weighted by molar-refractivity contribution is 5.87. The maximum absolute atomic E-state index is 11.4. The zero-order chi connectivity index (χ0) is 17.3. The maximum atomic E-state index is 11.4. The molecule has 2 unspecified atom stereocenters. The zero-order valence-electron chi connectivity index (χ0n) is 14.7. The molecule has 0 aromatic rings. The Balaban J connectivity index is 4.33. The first kappa shape index (κ1) is 20.4. The van der Waals surface area contributed by atoms with Crippen molar-refractivity contribution in [1.82, 2.24) is 0 Å². The Bertz CT molecular complexity index is 425. The normalized spacial score (nSPS) is 14.6. The van der Waals surface area contributed by atoms with Gasteiger partial charge in [0.25, 0.3) is 0 Å². The third-order valence-corrected chi connectivity index (χ3v) is 4.38. The quantitative estimate of drug-likeness (QED) is 0.451. The lowest BCUT2D eigenvalue weighted by atomic mass is 9.72. The van der Waals surface area contributed by atoms with Gasteiger partial charge in [-0.3, -0.25) is 0 Å². The summed E-state index contributed by atoms with van der Waals surface area (Å²) in [6.07, 6.45) is 2.52. The molecule has 0 aliphatic rings. The summed E-state index contributed by atoms with van der Waals surface area (Å²) in [6, 6.07) is 0. The fourth-order valence-corrected chi connectivity index (χ4v) is 2.07. The summed E-state index contributed by atoms with van der Waals surface area (Å²) >= 11 is 0. The van der Waals surface area contributed by atoms with Gasteiger partial charge in [0, 0.05) is 11.1 Å². The van der Waals surface area contributed by atoms with Crippen LogP contribution < -0.4 is 0 Å². The van der Waals surface area contributed by atoms with Crippen molar-refractivity contribution >= 4 is 11.9 Å². The molecule has 22 heavy (non-hydrogen) atoms. The van der Waals surface area contributed by atoms with Gasteiger partial charge >= 0.3 is 11.9 Å². The van der Waals surface area contributed by atoms with E-state index >= 15 is 0 Å². The van der Waals surface area contributed by atoms with Crippen LogP contribution in [-0.2, 0) is 19.1 Å². The molecule has 0 radical (unpaired) electrons. The molecular formula is C18H30O4. The molecule has 0 heterocycles. The second kappa shape index (κ2) is 9.44. The van der Waals surface area contributed by atoms with Crippen LogP contribution in [0.25, 0.3) is 0 Å². The lowest BCUT2D eigenvalue weighted by molar-refractivity contribution is -0.141. The first-order chi connectivity index (χ1) is 10.1. The molecule has 0 bridgehead atoms. The molecule has 0 rings (SSSR count). The van der Waals surface area contributed by atoms with Gasteiger partial charge in [0.1, 0.15) is 0 Å². The first-order valence-corrected chi connectivity index (χ1v) is 7.79. The minimum atomic E-state index is -0.346. The van der Waals surface area contributed by atoms with Crippen LogP contribution in [0.2, 0.25) is 0 Å². The molecule has 0 aliphatic heterocycles. The van der Waals surface area contributed by atoms with Gasteiger partial charge in [0.15, 0.2) is 0 Å². The summed E-state index contributed by atoms with van der Waals surface area (Å²) in [6.45, 7) is 17.6. The minimum absolute atomic E-state index is 0.0327. The van der Waals surface area contributed by atoms with E-state index in [2.05, 4.69) is 33.9 Å². The van der Waals surface area contributed by atoms with Crippen molar-refractivity contribution in [3.8, 4) is 0 Å². The van der Waals surface area contributed by atoms with E-state index in [1.54, 1.807) is 13.8 Å². The number of esters is 2. The molecule has 4 nitrogen and oxygen atoms in total. The van der Waals surface area contributed by atoms with E-state index in [0.717, 1.165) is 19.3 Å². The minimum Gasteiger partial charge on any atom is -0.462 e. The number of carbonyl (C=O) groups is 2. The second-order valence-electron chi connectivity index (χ2n) is 6.28. The Morgan fingerprint density at radius 2 is 1.50 bits per heavy atom. The standard InChI is InChI=1S/C18H30O4/c1-8-18(7,10-12-22-17(20)14(4)5)15(6)9-11-21-16(19)13(2)3/h15H,2,4,8-12H2,1,3,5-7H3. The largest absolute Gasteiger partial charge is 0.462 e. The highest BCUT2D eigenvalue weighted by atomic mass is 16.5. The fourth-order valence-electron chi connectivity index (χ4n) is 2.07. The Hall–Kier alpha value is -1.58. The lowest BCUT2D eigenvalue weighted by Gasteiger charge is -2.34. The average Bonchev–Trinajstić information content (AvgIpc) is 2.46. The summed E-state index contributed by atoms with van der Waals surface area (Å²) in [5, 5.41) is 0. The van der Waals surface area contributed by atoms with E-state index in [1.807, 2.05) is 0 Å². The number of hydrogen-bond donors (Lipinski definition) is 0. The van der Waals surface area contributed by atoms with Gasteiger partial charge in [-0.15, -0.1) is 0 Å². The van der Waals surface area contributed by atoms with E-state index in [-0.39, 0.29) is 17.4 Å². The van der Waals surface area contributed by atoms with Crippen LogP contribution in [0.3, 0.4) is 0 Å². The van der Waals surface area contributed by atoms with Crippen molar-refractivity contribution in [2.75, 3.05) is 13.2 Å². The number of rotatable bonds is 10. The number of hydrogen-bond acceptors (Lipinski definition) is 4. The number of ether oxygens (including phenoxy) is 2. The summed E-state index contributed by atoms with van der Waals surface area (Å²) in [7, 11) is 0. The molecule has 0 saturated carbocycles. The van der Waals surface area contributed by atoms with Crippen LogP contribution >= 0.6 is 0 Å². The second-order valence-corrected chi connectivity index (χ2v) is 6.28. The molecule has 0 N–H and O–H groups in total. The molecule has 0 aromatic heterocycles. The molecule has 0 aromatic carbocycles. The third kappa shape index (κ3) is 6.92. The first-order valence-electron chi connectivity index (χ1n) is 7.79. The van der Waals surface area contributed by atoms with E-state index in [0.29, 0.717) is 30.3 Å². The van der Waals surface area contributed by atoms with Crippen molar-refractivity contribution in [1.29, 1.82) is 0 Å². The smallest absolute Gasteiger partial charge is 0.333 e. The van der Waals surface area contributed by atoms with Crippen LogP contribution in [0.15, 0.2) is 24.3 Å². The number of carbonyl (C=O) groups excluding carboxylic acids is 2. The Labute approximate surface area is 134 Å². The van der Waals surface area contributed by atoms with Gasteiger partial charge in [-0.1, -0.05) is 40.3 Å². The molecule has 4 heteroatoms. The molecular weight excluding hydrogens is 280 g/mol. The third-order valence-electron chi connectivity index (χ3n) is 4.38. The van der Waals surface area contributed by atoms with Gasteiger partial charge < -0.3 is 9.47 Å². The van der Waals surface area contributed by atoms with Crippen LogP contribution in [0.5, 0.6) is 0 Å². The summed E-state index contributed by atoms with van der Waals surface area (Å²) in [4.78, 5) is 22.8. The van der Waals surface area contributed by atoms with E-state index in [4.69, 9.17) is 9.47 Å². The SMILES string of the molecule is C=C(C)C(=O)OCCC(C)C(C)(CC)CCOC(=O)C(=C)C. The summed E-state index contributed by atoms with van der Waals surface area (Å²) in [5.41, 5.74) is 0.862. The summed E-state index contributed by atoms with van der Waals surface area (Å²) < 4.78 is 10.3. The van der Waals surface area contributed by atoms with Crippen LogP contribution in [0.1, 0.15) is 53.9 Å². The monoisotopic (exact) mass is 310 g/mol. The molecule has 0 amide bonds. The lowest BCUT2D eigenvalue weighted by Crippen LogP contribution is -2.28. The van der Waals surface area contributed by atoms with E-state index < -0.39 is 0 Å².